The Morgan fingerprint density at radius 2 is 1.48 bits per heavy atom. The van der Waals surface area contributed by atoms with Crippen LogP contribution < -0.4 is 9.88 Å². The lowest BCUT2D eigenvalue weighted by atomic mass is 10.1. The van der Waals surface area contributed by atoms with Crippen LogP contribution in [0.4, 0.5) is 0 Å². The Balaban J connectivity index is 2.09. The molecule has 0 saturated carbocycles. The second-order valence-corrected chi connectivity index (χ2v) is 5.89. The summed E-state index contributed by atoms with van der Waals surface area (Å²) in [7, 11) is -3.72. The lowest BCUT2D eigenvalue weighted by Gasteiger charge is -2.07. The van der Waals surface area contributed by atoms with Gasteiger partial charge in [0.1, 0.15) is 11.5 Å². The van der Waals surface area contributed by atoms with Gasteiger partial charge in [0, 0.05) is 0 Å². The fraction of sp³-hybridized carbons (Fsp3) is 0.0714. The molecule has 0 aliphatic carbocycles. The lowest BCUT2D eigenvalue weighted by molar-refractivity contribution is -0.136. The van der Waals surface area contributed by atoms with Crippen LogP contribution in [-0.2, 0) is 21.2 Å². The second kappa shape index (κ2) is 5.94. The number of rotatable bonds is 5. The third kappa shape index (κ3) is 4.30. The van der Waals surface area contributed by atoms with E-state index in [9.17, 15) is 13.2 Å². The van der Waals surface area contributed by atoms with Gasteiger partial charge in [0.05, 0.1) is 11.3 Å². The van der Waals surface area contributed by atoms with Gasteiger partial charge in [0.25, 0.3) is 0 Å². The molecule has 0 aliphatic rings. The minimum Gasteiger partial charge on any atom is -0.481 e. The minimum atomic E-state index is -3.72. The van der Waals surface area contributed by atoms with Gasteiger partial charge >= 0.3 is 5.97 Å². The Bertz CT molecular complexity index is 736. The Hall–Kier alpha value is -2.38. The third-order valence-electron chi connectivity index (χ3n) is 2.67. The molecule has 2 rings (SSSR count). The van der Waals surface area contributed by atoms with Crippen molar-refractivity contribution >= 4 is 16.0 Å². The molecule has 2 aromatic carbocycles. The fourth-order valence-corrected chi connectivity index (χ4v) is 2.20. The molecule has 0 aliphatic heterocycles. The number of hydrogen-bond acceptors (Lipinski definition) is 4. The van der Waals surface area contributed by atoms with Crippen molar-refractivity contribution in [2.24, 2.45) is 5.14 Å². The Kier molecular flexibility index (Phi) is 4.25. The minimum absolute atomic E-state index is 0.00616. The molecule has 3 N–H and O–H groups in total. The van der Waals surface area contributed by atoms with Crippen LogP contribution in [0.15, 0.2) is 53.4 Å². The van der Waals surface area contributed by atoms with Crippen molar-refractivity contribution in [1.29, 1.82) is 0 Å². The Morgan fingerprint density at radius 1 is 1.00 bits per heavy atom. The lowest BCUT2D eigenvalue weighted by Crippen LogP contribution is -2.11. The molecular weight excluding hydrogens is 294 g/mol. The van der Waals surface area contributed by atoms with Gasteiger partial charge in [-0.2, -0.15) is 0 Å². The molecule has 110 valence electrons. The molecule has 21 heavy (non-hydrogen) atoms. The topological polar surface area (TPSA) is 107 Å². The maximum atomic E-state index is 11.1. The smallest absolute Gasteiger partial charge is 0.307 e. The molecule has 0 unspecified atom stereocenters. The fourth-order valence-electron chi connectivity index (χ4n) is 1.68. The molecule has 0 aromatic heterocycles. The summed E-state index contributed by atoms with van der Waals surface area (Å²) in [5.41, 5.74) is 0.666. The zero-order valence-electron chi connectivity index (χ0n) is 10.9. The zero-order chi connectivity index (χ0) is 15.5. The van der Waals surface area contributed by atoms with Gasteiger partial charge < -0.3 is 9.84 Å². The SMILES string of the molecule is NS(=O)(=O)c1ccc(Oc2ccc(CC(=O)O)cc2)cc1. The first-order chi connectivity index (χ1) is 9.84. The first kappa shape index (κ1) is 15.0. The van der Waals surface area contributed by atoms with Crippen molar-refractivity contribution in [3.63, 3.8) is 0 Å². The number of nitrogens with two attached hydrogens (primary N) is 1. The molecule has 6 nitrogen and oxygen atoms in total. The standard InChI is InChI=1S/C14H13NO5S/c15-21(18,19)13-7-5-12(6-8-13)20-11-3-1-10(2-4-11)9-14(16)17/h1-8H,9H2,(H,16,17)(H2,15,18,19). The van der Waals surface area contributed by atoms with E-state index in [4.69, 9.17) is 15.0 Å². The van der Waals surface area contributed by atoms with Gasteiger partial charge in [-0.15, -0.1) is 0 Å². The largest absolute Gasteiger partial charge is 0.481 e. The number of ether oxygens (including phenoxy) is 1. The Labute approximate surface area is 121 Å². The number of benzene rings is 2. The highest BCUT2D eigenvalue weighted by Crippen LogP contribution is 2.23. The summed E-state index contributed by atoms with van der Waals surface area (Å²) in [6.45, 7) is 0. The van der Waals surface area contributed by atoms with E-state index in [0.29, 0.717) is 17.1 Å². The average Bonchev–Trinajstić information content (AvgIpc) is 2.40. The molecule has 0 radical (unpaired) electrons. The summed E-state index contributed by atoms with van der Waals surface area (Å²) >= 11 is 0. The van der Waals surface area contributed by atoms with Crippen molar-refractivity contribution in [3.8, 4) is 11.5 Å². The molecular formula is C14H13NO5S. The summed E-state index contributed by atoms with van der Waals surface area (Å²) in [4.78, 5) is 10.6. The number of carboxylic acids is 1. The molecule has 0 fully saturated rings. The van der Waals surface area contributed by atoms with Gasteiger partial charge in [-0.05, 0) is 42.0 Å². The van der Waals surface area contributed by atoms with E-state index in [1.165, 1.54) is 24.3 Å². The summed E-state index contributed by atoms with van der Waals surface area (Å²) in [5.74, 6) is 0.0723. The van der Waals surface area contributed by atoms with Crippen molar-refractivity contribution in [2.45, 2.75) is 11.3 Å². The molecule has 0 atom stereocenters. The summed E-state index contributed by atoms with van der Waals surface area (Å²) in [5, 5.41) is 13.7. The van der Waals surface area contributed by atoms with E-state index in [1.807, 2.05) is 0 Å². The molecule has 0 saturated heterocycles. The number of carbonyl (C=O) groups is 1. The molecule has 0 spiro atoms. The van der Waals surface area contributed by atoms with E-state index in [0.717, 1.165) is 0 Å². The van der Waals surface area contributed by atoms with Crippen LogP contribution in [0.2, 0.25) is 0 Å². The normalized spacial score (nSPS) is 11.1. The molecule has 2 aromatic rings. The van der Waals surface area contributed by atoms with Crippen LogP contribution in [0.3, 0.4) is 0 Å². The zero-order valence-corrected chi connectivity index (χ0v) is 11.7. The maximum Gasteiger partial charge on any atom is 0.307 e. The van der Waals surface area contributed by atoms with Crippen molar-refractivity contribution in [3.05, 3.63) is 54.1 Å². The summed E-state index contributed by atoms with van der Waals surface area (Å²) < 4.78 is 27.8. The van der Waals surface area contributed by atoms with E-state index in [2.05, 4.69) is 0 Å². The number of sulfonamides is 1. The number of aliphatic carboxylic acids is 1. The van der Waals surface area contributed by atoms with Crippen LogP contribution in [-0.4, -0.2) is 19.5 Å². The van der Waals surface area contributed by atoms with Crippen LogP contribution in [0.5, 0.6) is 11.5 Å². The van der Waals surface area contributed by atoms with Crippen LogP contribution in [0.1, 0.15) is 5.56 Å². The number of carboxylic acid groups (broad SMARTS) is 1. The van der Waals surface area contributed by atoms with Gasteiger partial charge in [0.15, 0.2) is 0 Å². The van der Waals surface area contributed by atoms with Gasteiger partial charge in [0.2, 0.25) is 10.0 Å². The first-order valence-electron chi connectivity index (χ1n) is 5.96. The third-order valence-corrected chi connectivity index (χ3v) is 3.60. The van der Waals surface area contributed by atoms with E-state index in [1.54, 1.807) is 24.3 Å². The second-order valence-electron chi connectivity index (χ2n) is 4.33. The van der Waals surface area contributed by atoms with Crippen molar-refractivity contribution in [2.75, 3.05) is 0 Å². The summed E-state index contributed by atoms with van der Waals surface area (Å²) in [6.07, 6.45) is -0.0522. The highest BCUT2D eigenvalue weighted by atomic mass is 32.2. The first-order valence-corrected chi connectivity index (χ1v) is 7.51. The van der Waals surface area contributed by atoms with Crippen LogP contribution in [0.25, 0.3) is 0 Å². The highest BCUT2D eigenvalue weighted by Gasteiger charge is 2.07. The molecule has 0 heterocycles. The summed E-state index contributed by atoms with van der Waals surface area (Å²) in [6, 6.07) is 12.3. The number of primary sulfonamides is 1. The quantitative estimate of drug-likeness (QED) is 0.875. The van der Waals surface area contributed by atoms with Gasteiger partial charge in [-0.25, -0.2) is 13.6 Å². The predicted molar refractivity (Wildman–Crippen MR) is 75.7 cm³/mol. The number of hydrogen-bond donors (Lipinski definition) is 2. The van der Waals surface area contributed by atoms with Crippen molar-refractivity contribution < 1.29 is 23.1 Å². The monoisotopic (exact) mass is 307 g/mol. The maximum absolute atomic E-state index is 11.1. The molecule has 7 heteroatoms. The molecule has 0 bridgehead atoms. The van der Waals surface area contributed by atoms with Gasteiger partial charge in [-0.3, -0.25) is 4.79 Å². The van der Waals surface area contributed by atoms with Crippen LogP contribution >= 0.6 is 0 Å². The van der Waals surface area contributed by atoms with Crippen molar-refractivity contribution in [1.82, 2.24) is 0 Å². The Morgan fingerprint density at radius 3 is 1.90 bits per heavy atom. The predicted octanol–water partition coefficient (Wildman–Crippen LogP) is 1.75. The average molecular weight is 307 g/mol. The van der Waals surface area contributed by atoms with Gasteiger partial charge in [-0.1, -0.05) is 12.1 Å². The van der Waals surface area contributed by atoms with E-state index < -0.39 is 16.0 Å². The molecule has 0 amide bonds. The van der Waals surface area contributed by atoms with E-state index >= 15 is 0 Å². The van der Waals surface area contributed by atoms with Crippen LogP contribution in [0, 0.1) is 0 Å². The van der Waals surface area contributed by atoms with E-state index in [-0.39, 0.29) is 11.3 Å². The highest BCUT2D eigenvalue weighted by molar-refractivity contribution is 7.89.